The van der Waals surface area contributed by atoms with Crippen molar-refractivity contribution in [3.05, 3.63) is 50.9 Å². The maximum atomic E-state index is 13.7. The van der Waals surface area contributed by atoms with Crippen LogP contribution in [0.5, 0.6) is 0 Å². The van der Waals surface area contributed by atoms with Gasteiger partial charge in [0.1, 0.15) is 5.39 Å². The number of H-pyrrole nitrogens is 1. The van der Waals surface area contributed by atoms with Gasteiger partial charge in [-0.15, -0.1) is 0 Å². The van der Waals surface area contributed by atoms with E-state index in [0.29, 0.717) is 38.3 Å². The van der Waals surface area contributed by atoms with Crippen molar-refractivity contribution in [1.82, 2.24) is 19.7 Å². The zero-order chi connectivity index (χ0) is 21.5. The molecule has 0 unspecified atom stereocenters. The van der Waals surface area contributed by atoms with Crippen LogP contribution >= 0.6 is 0 Å². The fraction of sp³-hybridized carbons (Fsp3) is 0.450. The molecule has 1 aromatic carbocycles. The lowest BCUT2D eigenvalue weighted by Gasteiger charge is -2.18. The van der Waals surface area contributed by atoms with Gasteiger partial charge in [0, 0.05) is 18.7 Å². The van der Waals surface area contributed by atoms with Crippen molar-refractivity contribution < 1.29 is 18.4 Å². The predicted molar refractivity (Wildman–Crippen MR) is 107 cm³/mol. The molecule has 3 aromatic rings. The quantitative estimate of drug-likeness (QED) is 0.700. The Morgan fingerprint density at radius 2 is 1.93 bits per heavy atom. The Morgan fingerprint density at radius 3 is 2.63 bits per heavy atom. The molecule has 1 N–H and O–H groups in total. The monoisotopic (exact) mass is 419 g/mol. The highest BCUT2D eigenvalue weighted by atomic mass is 19.3. The van der Waals surface area contributed by atoms with E-state index < -0.39 is 5.92 Å². The SMILES string of the molecule is Cc1cc(C(C)(F)F)cc(C)c1Cn1cc2c(=O)[nH]c(N3CCOCCO3)nc2n1. The van der Waals surface area contributed by atoms with Crippen LogP contribution in [0.3, 0.4) is 0 Å². The minimum Gasteiger partial charge on any atom is -0.377 e. The average molecular weight is 419 g/mol. The summed E-state index contributed by atoms with van der Waals surface area (Å²) < 4.78 is 34.3. The summed E-state index contributed by atoms with van der Waals surface area (Å²) in [5.74, 6) is -2.63. The lowest BCUT2D eigenvalue weighted by Crippen LogP contribution is -2.29. The van der Waals surface area contributed by atoms with Crippen molar-refractivity contribution >= 4 is 17.0 Å². The number of aromatic amines is 1. The number of hydrogen-bond donors (Lipinski definition) is 1. The highest BCUT2D eigenvalue weighted by Gasteiger charge is 2.25. The minimum atomic E-state index is -2.90. The normalized spacial score (nSPS) is 15.6. The molecule has 0 saturated carbocycles. The molecule has 1 fully saturated rings. The molecule has 30 heavy (non-hydrogen) atoms. The zero-order valence-electron chi connectivity index (χ0n) is 17.0. The molecule has 0 radical (unpaired) electrons. The fourth-order valence-electron chi connectivity index (χ4n) is 3.50. The minimum absolute atomic E-state index is 0.0175. The van der Waals surface area contributed by atoms with E-state index in [2.05, 4.69) is 15.1 Å². The lowest BCUT2D eigenvalue weighted by molar-refractivity contribution is 0.0173. The van der Waals surface area contributed by atoms with Gasteiger partial charge in [0.05, 0.1) is 32.9 Å². The molecule has 4 rings (SSSR count). The van der Waals surface area contributed by atoms with Gasteiger partial charge in [0.15, 0.2) is 5.65 Å². The first-order valence-corrected chi connectivity index (χ1v) is 9.66. The number of nitrogens with zero attached hydrogens (tertiary/aromatic N) is 4. The molecular weight excluding hydrogens is 396 g/mol. The first-order chi connectivity index (χ1) is 14.2. The highest BCUT2D eigenvalue weighted by Crippen LogP contribution is 2.30. The molecule has 1 aliphatic heterocycles. The zero-order valence-corrected chi connectivity index (χ0v) is 17.0. The number of ether oxygens (including phenoxy) is 1. The van der Waals surface area contributed by atoms with Crippen LogP contribution in [-0.2, 0) is 22.0 Å². The molecule has 0 bridgehead atoms. The van der Waals surface area contributed by atoms with E-state index in [-0.39, 0.29) is 22.7 Å². The smallest absolute Gasteiger partial charge is 0.270 e. The number of alkyl halides is 2. The number of anilines is 1. The Balaban J connectivity index is 1.66. The molecular formula is C20H23F2N5O3. The van der Waals surface area contributed by atoms with Crippen molar-refractivity contribution in [2.24, 2.45) is 0 Å². The van der Waals surface area contributed by atoms with Gasteiger partial charge in [-0.2, -0.15) is 10.1 Å². The molecule has 1 aliphatic rings. The summed E-state index contributed by atoms with van der Waals surface area (Å²) in [7, 11) is 0. The summed E-state index contributed by atoms with van der Waals surface area (Å²) in [5, 5.41) is 6.26. The standard InChI is InChI=1S/C20H23F2N5O3/c1-12-8-14(20(3,21)22)9-13(2)15(12)10-26-11-16-17(25-26)23-19(24-18(16)28)27-4-5-29-6-7-30-27/h8-9,11H,4-7,10H2,1-3H3,(H,23,24,25,28). The van der Waals surface area contributed by atoms with E-state index in [1.807, 2.05) is 0 Å². The summed E-state index contributed by atoms with van der Waals surface area (Å²) in [4.78, 5) is 25.2. The second-order valence-corrected chi connectivity index (χ2v) is 7.48. The first kappa shape index (κ1) is 20.4. The van der Waals surface area contributed by atoms with Gasteiger partial charge >= 0.3 is 0 Å². The molecule has 1 saturated heterocycles. The number of fused-ring (bicyclic) bond motifs is 1. The number of hydroxylamine groups is 1. The highest BCUT2D eigenvalue weighted by molar-refractivity contribution is 5.73. The summed E-state index contributed by atoms with van der Waals surface area (Å²) in [6.45, 7) is 6.54. The average Bonchev–Trinajstić information content (AvgIpc) is 2.89. The Kier molecular flexibility index (Phi) is 5.29. The van der Waals surface area contributed by atoms with E-state index in [1.54, 1.807) is 24.7 Å². The van der Waals surface area contributed by atoms with Gasteiger partial charge in [-0.25, -0.2) is 13.8 Å². The molecule has 3 heterocycles. The van der Waals surface area contributed by atoms with Crippen LogP contribution in [0, 0.1) is 13.8 Å². The van der Waals surface area contributed by atoms with Crippen LogP contribution in [-0.4, -0.2) is 46.1 Å². The van der Waals surface area contributed by atoms with Gasteiger partial charge in [0.2, 0.25) is 5.95 Å². The Labute approximate surface area is 171 Å². The van der Waals surface area contributed by atoms with E-state index in [9.17, 15) is 13.6 Å². The van der Waals surface area contributed by atoms with E-state index in [4.69, 9.17) is 9.57 Å². The maximum Gasteiger partial charge on any atom is 0.270 e. The number of rotatable bonds is 4. The molecule has 0 aliphatic carbocycles. The number of benzene rings is 1. The van der Waals surface area contributed by atoms with E-state index >= 15 is 0 Å². The third kappa shape index (κ3) is 4.05. The van der Waals surface area contributed by atoms with Crippen LogP contribution in [0.4, 0.5) is 14.7 Å². The number of aryl methyl sites for hydroxylation is 2. The Hall–Kier alpha value is -2.85. The Morgan fingerprint density at radius 1 is 1.20 bits per heavy atom. The Bertz CT molecular complexity index is 1100. The van der Waals surface area contributed by atoms with Crippen molar-refractivity contribution in [3.8, 4) is 0 Å². The molecule has 0 atom stereocenters. The molecule has 8 nitrogen and oxygen atoms in total. The maximum absolute atomic E-state index is 13.7. The van der Waals surface area contributed by atoms with Gasteiger partial charge in [-0.1, -0.05) is 0 Å². The third-order valence-corrected chi connectivity index (χ3v) is 5.10. The number of nitrogens with one attached hydrogen (secondary N) is 1. The number of hydrogen-bond acceptors (Lipinski definition) is 6. The van der Waals surface area contributed by atoms with Crippen LogP contribution in [0.1, 0.15) is 29.2 Å². The van der Waals surface area contributed by atoms with Crippen molar-refractivity contribution in [2.45, 2.75) is 33.2 Å². The fourth-order valence-corrected chi connectivity index (χ4v) is 3.50. The molecule has 0 amide bonds. The summed E-state index contributed by atoms with van der Waals surface area (Å²) >= 11 is 0. The second kappa shape index (κ2) is 7.77. The van der Waals surface area contributed by atoms with Crippen LogP contribution in [0.25, 0.3) is 11.0 Å². The molecule has 160 valence electrons. The third-order valence-electron chi connectivity index (χ3n) is 5.10. The van der Waals surface area contributed by atoms with Crippen molar-refractivity contribution in [1.29, 1.82) is 0 Å². The lowest BCUT2D eigenvalue weighted by atomic mass is 9.97. The van der Waals surface area contributed by atoms with Gasteiger partial charge < -0.3 is 4.74 Å². The van der Waals surface area contributed by atoms with Gasteiger partial charge in [-0.05, 0) is 42.7 Å². The second-order valence-electron chi connectivity index (χ2n) is 7.48. The van der Waals surface area contributed by atoms with E-state index in [1.165, 1.54) is 17.2 Å². The van der Waals surface area contributed by atoms with Gasteiger partial charge in [-0.3, -0.25) is 19.3 Å². The van der Waals surface area contributed by atoms with Crippen LogP contribution in [0.15, 0.2) is 23.1 Å². The van der Waals surface area contributed by atoms with E-state index in [0.717, 1.165) is 23.6 Å². The molecule has 2 aromatic heterocycles. The summed E-state index contributed by atoms with van der Waals surface area (Å²) in [6, 6.07) is 2.99. The summed E-state index contributed by atoms with van der Waals surface area (Å²) in [5.41, 5.74) is 2.30. The molecule has 10 heteroatoms. The topological polar surface area (TPSA) is 85.3 Å². The number of aromatic nitrogens is 4. The van der Waals surface area contributed by atoms with Crippen LogP contribution in [0.2, 0.25) is 0 Å². The summed E-state index contributed by atoms with van der Waals surface area (Å²) in [6.07, 6.45) is 1.61. The number of halogens is 2. The molecule has 0 spiro atoms. The van der Waals surface area contributed by atoms with Gasteiger partial charge in [0.25, 0.3) is 11.5 Å². The van der Waals surface area contributed by atoms with Crippen molar-refractivity contribution in [2.75, 3.05) is 31.4 Å². The van der Waals surface area contributed by atoms with Crippen molar-refractivity contribution in [3.63, 3.8) is 0 Å². The predicted octanol–water partition coefficient (Wildman–Crippen LogP) is 2.66. The van der Waals surface area contributed by atoms with Crippen LogP contribution < -0.4 is 10.6 Å². The first-order valence-electron chi connectivity index (χ1n) is 9.66. The largest absolute Gasteiger partial charge is 0.377 e.